The quantitative estimate of drug-likeness (QED) is 0.0211. The number of esters is 2. The lowest BCUT2D eigenvalue weighted by molar-refractivity contribution is -0.161. The smallest absolute Gasteiger partial charge is 0.462 e. The molecule has 8 nitrogen and oxygen atoms in total. The highest BCUT2D eigenvalue weighted by Gasteiger charge is 2.22. The van der Waals surface area contributed by atoms with Gasteiger partial charge in [-0.2, -0.15) is 0 Å². The number of phosphoric acid groups is 1. The van der Waals surface area contributed by atoms with Crippen LogP contribution in [-0.2, 0) is 28.2 Å². The number of unbranched alkanes of at least 4 members (excludes halogenated alkanes) is 17. The highest BCUT2D eigenvalue weighted by Crippen LogP contribution is 2.36. The van der Waals surface area contributed by atoms with Crippen LogP contribution in [0.3, 0.4) is 0 Å². The van der Waals surface area contributed by atoms with E-state index in [4.69, 9.17) is 19.3 Å². The molecule has 0 spiro atoms. The Labute approximate surface area is 323 Å². The van der Waals surface area contributed by atoms with E-state index >= 15 is 0 Å². The van der Waals surface area contributed by atoms with Crippen LogP contribution in [0.2, 0.25) is 0 Å². The number of allylic oxidation sites excluding steroid dienone is 12. The molecule has 0 heterocycles. The average molecular weight is 763 g/mol. The zero-order valence-corrected chi connectivity index (χ0v) is 34.3. The van der Waals surface area contributed by atoms with Crippen molar-refractivity contribution in [3.8, 4) is 0 Å². The molecule has 53 heavy (non-hydrogen) atoms. The molecule has 0 saturated carbocycles. The predicted octanol–water partition coefficient (Wildman–Crippen LogP) is 12.7. The van der Waals surface area contributed by atoms with Gasteiger partial charge in [0.05, 0.1) is 6.61 Å². The van der Waals surface area contributed by atoms with E-state index in [-0.39, 0.29) is 19.4 Å². The zero-order chi connectivity index (χ0) is 38.9. The van der Waals surface area contributed by atoms with E-state index in [0.29, 0.717) is 12.8 Å². The number of phosphoric ester groups is 1. The Morgan fingerprint density at radius 2 is 0.981 bits per heavy atom. The average Bonchev–Trinajstić information content (AvgIpc) is 3.13. The van der Waals surface area contributed by atoms with Gasteiger partial charge in [0.2, 0.25) is 0 Å². The number of ether oxygens (including phenoxy) is 2. The van der Waals surface area contributed by atoms with Crippen LogP contribution < -0.4 is 0 Å². The molecule has 0 fully saturated rings. The second-order valence-electron chi connectivity index (χ2n) is 13.6. The Hall–Kier alpha value is -2.51. The lowest BCUT2D eigenvalue weighted by Crippen LogP contribution is -2.29. The third kappa shape index (κ3) is 42.1. The van der Waals surface area contributed by atoms with Gasteiger partial charge in [0.15, 0.2) is 6.10 Å². The van der Waals surface area contributed by atoms with Crippen molar-refractivity contribution in [2.75, 3.05) is 13.2 Å². The highest BCUT2D eigenvalue weighted by atomic mass is 31.2. The molecule has 0 aliphatic carbocycles. The molecule has 1 unspecified atom stereocenters. The normalized spacial score (nSPS) is 13.2. The van der Waals surface area contributed by atoms with Gasteiger partial charge in [-0.25, -0.2) is 4.57 Å². The molecule has 0 radical (unpaired) electrons. The molecule has 0 aromatic rings. The second kappa shape index (κ2) is 39.2. The topological polar surface area (TPSA) is 119 Å². The lowest BCUT2D eigenvalue weighted by Gasteiger charge is -2.18. The molecule has 1 atom stereocenters. The lowest BCUT2D eigenvalue weighted by atomic mass is 10.1. The summed E-state index contributed by atoms with van der Waals surface area (Å²) < 4.78 is 26.3. The molecule has 2 N–H and O–H groups in total. The first-order valence-corrected chi connectivity index (χ1v) is 22.3. The molecule has 304 valence electrons. The maximum atomic E-state index is 12.4. The molecule has 0 aromatic heterocycles. The molecule has 0 aromatic carbocycles. The van der Waals surface area contributed by atoms with Crippen molar-refractivity contribution in [2.24, 2.45) is 0 Å². The number of hydrogen-bond donors (Lipinski definition) is 2. The Bertz CT molecular complexity index is 1080. The standard InChI is InChI=1S/C44H75O8P/c1-3-5-7-9-11-13-15-17-18-19-20-21-22-23-24-25-27-28-30-32-34-36-38-43(45)50-40-42(41-51-53(47,48)49)52-44(46)39-37-35-33-31-29-26-16-14-12-10-8-6-4-2/h6,8,10-14,16-18,20-21,42H,3-5,7,9,15,19,22-41H2,1-2H3,(H2,47,48,49)/b8-6+,12-10+,13-11+,16-14+,18-17+,21-20+. The molecule has 0 saturated heterocycles. The van der Waals surface area contributed by atoms with Crippen molar-refractivity contribution in [2.45, 2.75) is 180 Å². The van der Waals surface area contributed by atoms with Gasteiger partial charge in [-0.3, -0.25) is 14.1 Å². The van der Waals surface area contributed by atoms with Gasteiger partial charge in [0.25, 0.3) is 0 Å². The van der Waals surface area contributed by atoms with Crippen molar-refractivity contribution in [3.63, 3.8) is 0 Å². The van der Waals surface area contributed by atoms with Crippen molar-refractivity contribution in [1.82, 2.24) is 0 Å². The van der Waals surface area contributed by atoms with Crippen molar-refractivity contribution >= 4 is 19.8 Å². The largest absolute Gasteiger partial charge is 0.469 e. The van der Waals surface area contributed by atoms with Crippen LogP contribution in [-0.4, -0.2) is 41.0 Å². The first-order chi connectivity index (χ1) is 25.8. The Morgan fingerprint density at radius 3 is 1.51 bits per heavy atom. The minimum Gasteiger partial charge on any atom is -0.462 e. The first kappa shape index (κ1) is 50.5. The molecule has 0 rings (SSSR count). The molecule has 9 heteroatoms. The van der Waals surface area contributed by atoms with Gasteiger partial charge < -0.3 is 19.3 Å². The van der Waals surface area contributed by atoms with E-state index in [1.807, 2.05) is 18.2 Å². The van der Waals surface area contributed by atoms with Crippen LogP contribution >= 0.6 is 7.82 Å². The van der Waals surface area contributed by atoms with E-state index in [0.717, 1.165) is 77.0 Å². The molecule has 0 bridgehead atoms. The Balaban J connectivity index is 3.92. The fourth-order valence-corrected chi connectivity index (χ4v) is 5.80. The maximum absolute atomic E-state index is 12.4. The second-order valence-corrected chi connectivity index (χ2v) is 14.9. The number of carbonyl (C=O) groups is 2. The number of rotatable bonds is 37. The van der Waals surface area contributed by atoms with Crippen molar-refractivity contribution < 1.29 is 37.9 Å². The molecular formula is C44H75O8P. The maximum Gasteiger partial charge on any atom is 0.469 e. The van der Waals surface area contributed by atoms with Crippen LogP contribution in [0.4, 0.5) is 0 Å². The summed E-state index contributed by atoms with van der Waals surface area (Å²) >= 11 is 0. The summed E-state index contributed by atoms with van der Waals surface area (Å²) in [7, 11) is -4.76. The summed E-state index contributed by atoms with van der Waals surface area (Å²) in [6.07, 6.45) is 50.5. The summed E-state index contributed by atoms with van der Waals surface area (Å²) in [6, 6.07) is 0. The van der Waals surface area contributed by atoms with Crippen LogP contribution in [0.5, 0.6) is 0 Å². The van der Waals surface area contributed by atoms with E-state index in [2.05, 4.69) is 73.1 Å². The van der Waals surface area contributed by atoms with E-state index < -0.39 is 32.5 Å². The fraction of sp³-hybridized carbons (Fsp3) is 0.682. The number of hydrogen-bond acceptors (Lipinski definition) is 6. The Morgan fingerprint density at radius 1 is 0.528 bits per heavy atom. The third-order valence-corrected chi connectivity index (χ3v) is 9.01. The molecular weight excluding hydrogens is 687 g/mol. The van der Waals surface area contributed by atoms with Crippen molar-refractivity contribution in [3.05, 3.63) is 72.9 Å². The Kier molecular flexibility index (Phi) is 37.3. The minimum atomic E-state index is -4.76. The number of carbonyl (C=O) groups excluding carboxylic acids is 2. The van der Waals surface area contributed by atoms with Gasteiger partial charge in [0.1, 0.15) is 6.61 Å². The monoisotopic (exact) mass is 763 g/mol. The summed E-state index contributed by atoms with van der Waals surface area (Å²) in [6.45, 7) is 3.49. The van der Waals surface area contributed by atoms with Gasteiger partial charge in [-0.1, -0.05) is 164 Å². The van der Waals surface area contributed by atoms with Crippen LogP contribution in [0.25, 0.3) is 0 Å². The van der Waals surface area contributed by atoms with Gasteiger partial charge in [-0.15, -0.1) is 0 Å². The van der Waals surface area contributed by atoms with E-state index in [9.17, 15) is 14.2 Å². The highest BCUT2D eigenvalue weighted by molar-refractivity contribution is 7.46. The summed E-state index contributed by atoms with van der Waals surface area (Å²) in [5, 5.41) is 0. The summed E-state index contributed by atoms with van der Waals surface area (Å²) in [5.74, 6) is -0.920. The SMILES string of the molecule is CC/C=C/C=C/C=C/CCCCCCCC(=O)OC(COC(=O)CCCCCCCCCCC/C=C/C/C=C/C/C=C/CCCCC)COP(=O)(O)O. The third-order valence-electron chi connectivity index (χ3n) is 8.52. The van der Waals surface area contributed by atoms with Crippen molar-refractivity contribution in [1.29, 1.82) is 0 Å². The van der Waals surface area contributed by atoms with Gasteiger partial charge in [-0.05, 0) is 70.6 Å². The summed E-state index contributed by atoms with van der Waals surface area (Å²) in [5.41, 5.74) is 0. The molecule has 0 aliphatic heterocycles. The van der Waals surface area contributed by atoms with E-state index in [1.165, 1.54) is 57.8 Å². The van der Waals surface area contributed by atoms with Gasteiger partial charge in [0, 0.05) is 12.8 Å². The predicted molar refractivity (Wildman–Crippen MR) is 220 cm³/mol. The van der Waals surface area contributed by atoms with Crippen LogP contribution in [0, 0.1) is 0 Å². The van der Waals surface area contributed by atoms with E-state index in [1.54, 1.807) is 0 Å². The minimum absolute atomic E-state index is 0.184. The van der Waals surface area contributed by atoms with Gasteiger partial charge >= 0.3 is 19.8 Å². The van der Waals surface area contributed by atoms with Crippen LogP contribution in [0.15, 0.2) is 72.9 Å². The molecule has 0 aliphatic rings. The fourth-order valence-electron chi connectivity index (χ4n) is 5.44. The molecule has 0 amide bonds. The first-order valence-electron chi connectivity index (χ1n) is 20.8. The summed E-state index contributed by atoms with van der Waals surface area (Å²) in [4.78, 5) is 42.8. The zero-order valence-electron chi connectivity index (χ0n) is 33.4. The van der Waals surface area contributed by atoms with Crippen LogP contribution in [0.1, 0.15) is 174 Å².